The summed E-state index contributed by atoms with van der Waals surface area (Å²) < 4.78 is 6.36. The normalized spacial score (nSPS) is 10.6. The number of pyridine rings is 1. The summed E-state index contributed by atoms with van der Waals surface area (Å²) in [4.78, 5) is 16.0. The van der Waals surface area contributed by atoms with Gasteiger partial charge in [-0.1, -0.05) is 35.5 Å². The summed E-state index contributed by atoms with van der Waals surface area (Å²) in [6.45, 7) is 0. The third kappa shape index (κ3) is 4.34. The average molecular weight is 426 g/mol. The van der Waals surface area contributed by atoms with E-state index in [1.54, 1.807) is 30.5 Å². The van der Waals surface area contributed by atoms with Gasteiger partial charge in [0.15, 0.2) is 0 Å². The number of hydrogen-bond acceptors (Lipinski definition) is 6. The SMILES string of the molecule is O=C(CSc1nnc(-c2ccccc2Cl)o1)Nc1ccc(Br)cn1. The van der Waals surface area contributed by atoms with E-state index in [1.165, 1.54) is 0 Å². The van der Waals surface area contributed by atoms with Gasteiger partial charge in [0, 0.05) is 10.7 Å². The molecule has 0 spiro atoms. The molecule has 0 saturated heterocycles. The van der Waals surface area contributed by atoms with Gasteiger partial charge in [-0.3, -0.25) is 4.79 Å². The molecule has 0 aliphatic carbocycles. The molecule has 24 heavy (non-hydrogen) atoms. The third-order valence-electron chi connectivity index (χ3n) is 2.83. The van der Waals surface area contributed by atoms with Crippen LogP contribution in [-0.4, -0.2) is 26.8 Å². The van der Waals surface area contributed by atoms with Crippen molar-refractivity contribution in [2.45, 2.75) is 5.22 Å². The lowest BCUT2D eigenvalue weighted by Gasteiger charge is -2.02. The second-order valence-electron chi connectivity index (χ2n) is 4.55. The fourth-order valence-electron chi connectivity index (χ4n) is 1.77. The highest BCUT2D eigenvalue weighted by molar-refractivity contribution is 9.10. The molecule has 1 N–H and O–H groups in total. The van der Waals surface area contributed by atoms with E-state index in [-0.39, 0.29) is 11.7 Å². The van der Waals surface area contributed by atoms with E-state index >= 15 is 0 Å². The van der Waals surface area contributed by atoms with Crippen LogP contribution in [0, 0.1) is 0 Å². The first-order chi connectivity index (χ1) is 11.6. The Kier molecular flexibility index (Phi) is 5.49. The number of nitrogens with zero attached hydrogens (tertiary/aromatic N) is 3. The molecule has 2 aromatic heterocycles. The van der Waals surface area contributed by atoms with E-state index in [4.69, 9.17) is 16.0 Å². The molecule has 0 fully saturated rings. The van der Waals surface area contributed by atoms with Gasteiger partial charge in [-0.15, -0.1) is 10.2 Å². The van der Waals surface area contributed by atoms with E-state index in [9.17, 15) is 4.79 Å². The van der Waals surface area contributed by atoms with E-state index in [0.29, 0.717) is 27.5 Å². The van der Waals surface area contributed by atoms with Gasteiger partial charge in [-0.25, -0.2) is 4.98 Å². The van der Waals surface area contributed by atoms with Crippen LogP contribution in [0.3, 0.4) is 0 Å². The first kappa shape index (κ1) is 16.9. The first-order valence-corrected chi connectivity index (χ1v) is 8.90. The van der Waals surface area contributed by atoms with Crippen molar-refractivity contribution in [1.29, 1.82) is 0 Å². The Morgan fingerprint density at radius 2 is 2.08 bits per heavy atom. The second kappa shape index (κ2) is 7.78. The Morgan fingerprint density at radius 1 is 1.25 bits per heavy atom. The number of rotatable bonds is 5. The van der Waals surface area contributed by atoms with Crippen molar-refractivity contribution in [2.75, 3.05) is 11.1 Å². The quantitative estimate of drug-likeness (QED) is 0.615. The Balaban J connectivity index is 1.58. The lowest BCUT2D eigenvalue weighted by Crippen LogP contribution is -2.14. The topological polar surface area (TPSA) is 80.9 Å². The van der Waals surface area contributed by atoms with Crippen LogP contribution in [0.2, 0.25) is 5.02 Å². The molecule has 0 aliphatic heterocycles. The van der Waals surface area contributed by atoms with Gasteiger partial charge in [-0.2, -0.15) is 0 Å². The van der Waals surface area contributed by atoms with Crippen molar-refractivity contribution in [3.05, 3.63) is 52.1 Å². The van der Waals surface area contributed by atoms with Gasteiger partial charge in [0.2, 0.25) is 11.8 Å². The summed E-state index contributed by atoms with van der Waals surface area (Å²) in [6.07, 6.45) is 1.61. The summed E-state index contributed by atoms with van der Waals surface area (Å²) in [5.41, 5.74) is 0.655. The van der Waals surface area contributed by atoms with Gasteiger partial charge in [-0.05, 0) is 40.2 Å². The van der Waals surface area contributed by atoms with Crippen molar-refractivity contribution in [3.63, 3.8) is 0 Å². The molecule has 1 aromatic carbocycles. The fraction of sp³-hybridized carbons (Fsp3) is 0.0667. The Morgan fingerprint density at radius 3 is 2.83 bits per heavy atom. The molecule has 0 atom stereocenters. The maximum absolute atomic E-state index is 11.9. The lowest BCUT2D eigenvalue weighted by molar-refractivity contribution is -0.113. The second-order valence-corrected chi connectivity index (χ2v) is 6.80. The highest BCUT2D eigenvalue weighted by Gasteiger charge is 2.13. The minimum absolute atomic E-state index is 0.127. The van der Waals surface area contributed by atoms with E-state index in [2.05, 4.69) is 36.4 Å². The summed E-state index contributed by atoms with van der Waals surface area (Å²) in [7, 11) is 0. The Bertz CT molecular complexity index is 857. The number of amides is 1. The predicted molar refractivity (Wildman–Crippen MR) is 96.0 cm³/mol. The summed E-state index contributed by atoms with van der Waals surface area (Å²) in [6, 6.07) is 10.7. The van der Waals surface area contributed by atoms with Crippen molar-refractivity contribution in [3.8, 4) is 11.5 Å². The van der Waals surface area contributed by atoms with Gasteiger partial charge in [0.05, 0.1) is 16.3 Å². The zero-order valence-corrected chi connectivity index (χ0v) is 15.2. The Hall–Kier alpha value is -1.90. The summed E-state index contributed by atoms with van der Waals surface area (Å²) in [5, 5.41) is 11.4. The minimum atomic E-state index is -0.215. The molecule has 2 heterocycles. The third-order valence-corrected chi connectivity index (χ3v) is 4.45. The Labute approximate surface area is 155 Å². The number of hydrogen-bond donors (Lipinski definition) is 1. The van der Waals surface area contributed by atoms with Crippen LogP contribution >= 0.6 is 39.3 Å². The van der Waals surface area contributed by atoms with Crippen LogP contribution < -0.4 is 5.32 Å². The molecule has 122 valence electrons. The molecular weight excluding hydrogens is 416 g/mol. The number of anilines is 1. The molecule has 3 aromatic rings. The number of nitrogens with one attached hydrogen (secondary N) is 1. The highest BCUT2D eigenvalue weighted by atomic mass is 79.9. The van der Waals surface area contributed by atoms with Crippen molar-refractivity contribution in [1.82, 2.24) is 15.2 Å². The fourth-order valence-corrected chi connectivity index (χ4v) is 2.78. The average Bonchev–Trinajstić information content (AvgIpc) is 3.04. The number of benzene rings is 1. The molecule has 0 saturated carbocycles. The smallest absolute Gasteiger partial charge is 0.277 e. The molecule has 0 bridgehead atoms. The summed E-state index contributed by atoms with van der Waals surface area (Å²) >= 11 is 10.5. The lowest BCUT2D eigenvalue weighted by atomic mass is 10.2. The number of aromatic nitrogens is 3. The largest absolute Gasteiger partial charge is 0.411 e. The van der Waals surface area contributed by atoms with Crippen molar-refractivity contribution < 1.29 is 9.21 Å². The van der Waals surface area contributed by atoms with Crippen LogP contribution in [0.25, 0.3) is 11.5 Å². The minimum Gasteiger partial charge on any atom is -0.411 e. The van der Waals surface area contributed by atoms with Crippen LogP contribution in [0.5, 0.6) is 0 Å². The number of carbonyl (C=O) groups excluding carboxylic acids is 1. The first-order valence-electron chi connectivity index (χ1n) is 6.74. The van der Waals surface area contributed by atoms with Crippen molar-refractivity contribution >= 4 is 51.0 Å². The van der Waals surface area contributed by atoms with E-state index in [0.717, 1.165) is 16.2 Å². The van der Waals surface area contributed by atoms with Gasteiger partial charge >= 0.3 is 0 Å². The predicted octanol–water partition coefficient (Wildman–Crippen LogP) is 4.28. The maximum atomic E-state index is 11.9. The number of halogens is 2. The van der Waals surface area contributed by atoms with Crippen LogP contribution in [0.15, 0.2) is 56.7 Å². The molecule has 1 amide bonds. The molecule has 3 rings (SSSR count). The molecule has 0 unspecified atom stereocenters. The summed E-state index contributed by atoms with van der Waals surface area (Å²) in [5.74, 6) is 0.707. The molecule has 9 heteroatoms. The highest BCUT2D eigenvalue weighted by Crippen LogP contribution is 2.28. The van der Waals surface area contributed by atoms with Crippen LogP contribution in [0.4, 0.5) is 5.82 Å². The molecular formula is C15H10BrClN4O2S. The van der Waals surface area contributed by atoms with Gasteiger partial charge < -0.3 is 9.73 Å². The molecule has 0 radical (unpaired) electrons. The van der Waals surface area contributed by atoms with Crippen LogP contribution in [0.1, 0.15) is 0 Å². The standard InChI is InChI=1S/C15H10BrClN4O2S/c16-9-5-6-12(18-7-9)19-13(22)8-24-15-21-20-14(23-15)10-3-1-2-4-11(10)17/h1-7H,8H2,(H,18,19,22). The zero-order chi connectivity index (χ0) is 16.9. The molecule has 6 nitrogen and oxygen atoms in total. The van der Waals surface area contributed by atoms with E-state index in [1.807, 2.05) is 12.1 Å². The monoisotopic (exact) mass is 424 g/mol. The van der Waals surface area contributed by atoms with E-state index < -0.39 is 0 Å². The van der Waals surface area contributed by atoms with Crippen molar-refractivity contribution in [2.24, 2.45) is 0 Å². The van der Waals surface area contributed by atoms with Crippen LogP contribution in [-0.2, 0) is 4.79 Å². The number of carbonyl (C=O) groups is 1. The van der Waals surface area contributed by atoms with Gasteiger partial charge in [0.25, 0.3) is 5.22 Å². The van der Waals surface area contributed by atoms with Gasteiger partial charge in [0.1, 0.15) is 5.82 Å². The molecule has 0 aliphatic rings. The number of thioether (sulfide) groups is 1. The maximum Gasteiger partial charge on any atom is 0.277 e. The zero-order valence-electron chi connectivity index (χ0n) is 12.1.